The van der Waals surface area contributed by atoms with E-state index in [0.29, 0.717) is 12.5 Å². The molecule has 40 heavy (non-hydrogen) atoms. The molecule has 0 unspecified atom stereocenters. The molecule has 14 heteroatoms. The molecule has 1 amide bonds. The molecular weight excluding hydrogens is 581 g/mol. The van der Waals surface area contributed by atoms with Crippen molar-refractivity contribution in [1.82, 2.24) is 15.1 Å². The number of rotatable bonds is 9. The molecule has 0 saturated heterocycles. The van der Waals surface area contributed by atoms with E-state index in [9.17, 15) is 26.7 Å². The van der Waals surface area contributed by atoms with Crippen LogP contribution in [0.25, 0.3) is 11.3 Å². The van der Waals surface area contributed by atoms with Gasteiger partial charge in [0.2, 0.25) is 0 Å². The van der Waals surface area contributed by atoms with Crippen molar-refractivity contribution < 1.29 is 39.9 Å². The number of amides is 1. The highest BCUT2D eigenvalue weighted by molar-refractivity contribution is 7.51. The van der Waals surface area contributed by atoms with Crippen molar-refractivity contribution in [1.29, 1.82) is 0 Å². The second-order valence-electron chi connectivity index (χ2n) is 10.5. The number of carbonyl (C=O) groups is 1. The lowest BCUT2D eigenvalue weighted by Crippen LogP contribution is -2.34. The van der Waals surface area contributed by atoms with Gasteiger partial charge in [-0.15, -0.1) is 0 Å². The van der Waals surface area contributed by atoms with Crippen molar-refractivity contribution in [2.24, 2.45) is 24.3 Å². The predicted octanol–water partition coefficient (Wildman–Crippen LogP) is 6.75. The minimum absolute atomic E-state index is 0.0582. The van der Waals surface area contributed by atoms with E-state index in [-0.39, 0.29) is 33.3 Å². The summed E-state index contributed by atoms with van der Waals surface area (Å²) in [5.74, 6) is 0.267. The number of benzene rings is 1. The molecule has 1 N–H and O–H groups in total. The first-order chi connectivity index (χ1) is 18.6. The summed E-state index contributed by atoms with van der Waals surface area (Å²) < 4.78 is 89.0. The number of hydrogen-bond donors (Lipinski definition) is 1. The molecule has 1 aliphatic rings. The van der Waals surface area contributed by atoms with Crippen LogP contribution in [0.4, 0.5) is 22.0 Å². The van der Waals surface area contributed by atoms with Crippen LogP contribution in [0.3, 0.4) is 0 Å². The van der Waals surface area contributed by atoms with Gasteiger partial charge in [-0.2, -0.15) is 35.5 Å². The van der Waals surface area contributed by atoms with Gasteiger partial charge in [0, 0.05) is 19.2 Å². The third-order valence-electron chi connectivity index (χ3n) is 7.23. The summed E-state index contributed by atoms with van der Waals surface area (Å²) in [5.41, 5.74) is -1.75. The largest absolute Gasteiger partial charge is 0.434 e. The molecule has 0 atom stereocenters. The van der Waals surface area contributed by atoms with Gasteiger partial charge < -0.3 is 10.1 Å². The molecular formula is C26H33ClF5N3O4S. The van der Waals surface area contributed by atoms with Crippen LogP contribution >= 0.6 is 11.6 Å². The second-order valence-corrected chi connectivity index (χ2v) is 11.0. The molecule has 1 saturated carbocycles. The first-order valence-electron chi connectivity index (χ1n) is 12.7. The van der Waals surface area contributed by atoms with Crippen molar-refractivity contribution >= 4 is 29.1 Å². The maximum atomic E-state index is 13.4. The number of nitrogens with one attached hydrogen (secondary N) is 1. The van der Waals surface area contributed by atoms with Crippen molar-refractivity contribution in [2.75, 3.05) is 6.54 Å². The average molecular weight is 614 g/mol. The highest BCUT2D eigenvalue weighted by atomic mass is 35.5. The summed E-state index contributed by atoms with van der Waals surface area (Å²) in [5, 5.41) is 7.01. The molecule has 0 aliphatic heterocycles. The molecule has 1 fully saturated rings. The van der Waals surface area contributed by atoms with Crippen LogP contribution in [-0.2, 0) is 25.0 Å². The molecule has 1 aliphatic carbocycles. The van der Waals surface area contributed by atoms with Crippen LogP contribution < -0.4 is 10.1 Å². The lowest BCUT2D eigenvalue weighted by atomic mass is 9.81. The summed E-state index contributed by atoms with van der Waals surface area (Å²) >= 11 is 5.75. The fraction of sp³-hybridized carbons (Fsp3) is 0.615. The summed E-state index contributed by atoms with van der Waals surface area (Å²) in [6, 6.07) is 3.90. The quantitative estimate of drug-likeness (QED) is 0.316. The van der Waals surface area contributed by atoms with Crippen LogP contribution in [0, 0.1) is 17.3 Å². The Bertz CT molecular complexity index is 1190. The topological polar surface area (TPSA) is 90.3 Å². The third-order valence-corrected chi connectivity index (χ3v) is 7.59. The van der Waals surface area contributed by atoms with Crippen molar-refractivity contribution in [3.63, 3.8) is 0 Å². The smallest absolute Gasteiger partial charge is 0.394 e. The molecule has 0 radical (unpaired) electrons. The maximum Gasteiger partial charge on any atom is 0.394 e. The molecule has 7 nitrogen and oxygen atoms in total. The summed E-state index contributed by atoms with van der Waals surface area (Å²) in [4.78, 5) is 12.9. The van der Waals surface area contributed by atoms with E-state index in [1.807, 2.05) is 0 Å². The first kappa shape index (κ1) is 33.7. The van der Waals surface area contributed by atoms with Crippen LogP contribution in [0.1, 0.15) is 68.9 Å². The van der Waals surface area contributed by atoms with Gasteiger partial charge in [0.25, 0.3) is 5.91 Å². The number of alkyl halides is 5. The van der Waals surface area contributed by atoms with E-state index in [1.54, 1.807) is 0 Å². The zero-order chi connectivity index (χ0) is 30.3. The average Bonchev–Trinajstić information content (AvgIpc) is 3.16. The third kappa shape index (κ3) is 8.73. The van der Waals surface area contributed by atoms with E-state index in [1.165, 1.54) is 23.9 Å². The molecule has 224 valence electrons. The van der Waals surface area contributed by atoms with Gasteiger partial charge in [-0.05, 0) is 48.8 Å². The van der Waals surface area contributed by atoms with Gasteiger partial charge in [-0.25, -0.2) is 0 Å². The fourth-order valence-corrected chi connectivity index (χ4v) is 5.12. The van der Waals surface area contributed by atoms with Gasteiger partial charge in [0.15, 0.2) is 5.69 Å². The van der Waals surface area contributed by atoms with Crippen LogP contribution in [0.5, 0.6) is 5.75 Å². The molecule has 1 aromatic carbocycles. The van der Waals surface area contributed by atoms with Gasteiger partial charge in [-0.3, -0.25) is 9.48 Å². The summed E-state index contributed by atoms with van der Waals surface area (Å²) in [7, 11) is 1.50. The Balaban J connectivity index is 0.00000178. The molecule has 2 aromatic rings. The van der Waals surface area contributed by atoms with Gasteiger partial charge in [-0.1, -0.05) is 57.7 Å². The minimum atomic E-state index is -4.49. The Morgan fingerprint density at radius 3 is 2.27 bits per heavy atom. The first-order valence-corrected chi connectivity index (χ1v) is 13.8. The molecule has 1 aromatic heterocycles. The standard InChI is InChI=1S/C26H33ClF5N3O2.O2S/c1-5-15-6-8-16(9-7-15)14-33-23(36)21-20(27)22(35(4)34-21)18-11-10-17(12-19(18)37-24(28)29)13-25(2,3)26(30,31)32;1-3-2/h10-12,15-16,24H,5-9,13-14H2,1-4H3,(H,33,36);. The molecule has 0 spiro atoms. The van der Waals surface area contributed by atoms with Crippen molar-refractivity contribution in [2.45, 2.75) is 72.1 Å². The summed E-state index contributed by atoms with van der Waals surface area (Å²) in [6.07, 6.45) is 0.562. The van der Waals surface area contributed by atoms with Crippen LogP contribution in [0.15, 0.2) is 18.2 Å². The Kier molecular flexibility index (Phi) is 12.1. The minimum Gasteiger partial charge on any atom is -0.434 e. The number of halogens is 6. The summed E-state index contributed by atoms with van der Waals surface area (Å²) in [6.45, 7) is 1.52. The number of aryl methyl sites for hydroxylation is 1. The second kappa shape index (κ2) is 14.4. The van der Waals surface area contributed by atoms with E-state index in [0.717, 1.165) is 57.9 Å². The number of hydrogen-bond acceptors (Lipinski definition) is 5. The van der Waals surface area contributed by atoms with Crippen molar-refractivity contribution in [3.8, 4) is 17.0 Å². The van der Waals surface area contributed by atoms with E-state index in [4.69, 9.17) is 20.0 Å². The van der Waals surface area contributed by atoms with Crippen LogP contribution in [-0.4, -0.2) is 43.4 Å². The number of aromatic nitrogens is 2. The van der Waals surface area contributed by atoms with E-state index < -0.39 is 42.1 Å². The monoisotopic (exact) mass is 613 g/mol. The predicted molar refractivity (Wildman–Crippen MR) is 141 cm³/mol. The fourth-order valence-electron chi connectivity index (χ4n) is 4.78. The zero-order valence-electron chi connectivity index (χ0n) is 22.6. The van der Waals surface area contributed by atoms with Gasteiger partial charge in [0.05, 0.1) is 16.1 Å². The number of nitrogens with zero attached hydrogens (tertiary/aromatic N) is 2. The number of ether oxygens (including phenoxy) is 1. The molecule has 3 rings (SSSR count). The molecule has 1 heterocycles. The Hall–Kier alpha value is -2.54. The normalized spacial score (nSPS) is 17.7. The van der Waals surface area contributed by atoms with Gasteiger partial charge in [0.1, 0.15) is 5.75 Å². The van der Waals surface area contributed by atoms with Crippen molar-refractivity contribution in [3.05, 3.63) is 34.5 Å². The lowest BCUT2D eigenvalue weighted by Gasteiger charge is -2.28. The highest BCUT2D eigenvalue weighted by Crippen LogP contribution is 2.43. The number of carbonyl (C=O) groups excluding carboxylic acids is 1. The SMILES string of the molecule is CCC1CCC(CNC(=O)c2nn(C)c(-c3ccc(CC(C)(C)C(F)(F)F)cc3OC(F)F)c2Cl)CC1.O=S=O. The Morgan fingerprint density at radius 2 is 1.75 bits per heavy atom. The lowest BCUT2D eigenvalue weighted by molar-refractivity contribution is -0.211. The van der Waals surface area contributed by atoms with E-state index >= 15 is 0 Å². The van der Waals surface area contributed by atoms with Crippen LogP contribution in [0.2, 0.25) is 5.02 Å². The Morgan fingerprint density at radius 1 is 1.18 bits per heavy atom. The molecule has 0 bridgehead atoms. The maximum absolute atomic E-state index is 13.4. The van der Waals surface area contributed by atoms with Gasteiger partial charge >= 0.3 is 24.4 Å². The Labute approximate surface area is 238 Å². The zero-order valence-corrected chi connectivity index (χ0v) is 24.2. The van der Waals surface area contributed by atoms with E-state index in [2.05, 4.69) is 22.1 Å². The highest BCUT2D eigenvalue weighted by Gasteiger charge is 2.47.